The van der Waals surface area contributed by atoms with E-state index in [1.807, 2.05) is 0 Å². The lowest BCUT2D eigenvalue weighted by atomic mass is 10.2. The van der Waals surface area contributed by atoms with E-state index in [2.05, 4.69) is 4.98 Å². The summed E-state index contributed by atoms with van der Waals surface area (Å²) in [5.74, 6) is -0.0565. The van der Waals surface area contributed by atoms with E-state index in [-0.39, 0.29) is 29.7 Å². The SMILES string of the molecule is COc1ccc(CN(c2cscn2)S(=O)(=O)c2cc(Cl)c(OC3CCN(C(=O)OC(C)(C)C)C3)cc2F)c(OC)c1. The van der Waals surface area contributed by atoms with Gasteiger partial charge in [-0.05, 0) is 39.0 Å². The second-order valence-electron chi connectivity index (χ2n) is 10.2. The Morgan fingerprint density at radius 2 is 1.95 bits per heavy atom. The molecule has 0 spiro atoms. The van der Waals surface area contributed by atoms with E-state index in [0.717, 1.165) is 16.4 Å². The molecule has 2 heterocycles. The lowest BCUT2D eigenvalue weighted by Crippen LogP contribution is -2.36. The number of carbonyl (C=O) groups excluding carboxylic acids is 1. The summed E-state index contributed by atoms with van der Waals surface area (Å²) in [7, 11) is -1.53. The summed E-state index contributed by atoms with van der Waals surface area (Å²) in [5, 5.41) is 1.45. The smallest absolute Gasteiger partial charge is 0.410 e. The molecule has 1 atom stereocenters. The summed E-state index contributed by atoms with van der Waals surface area (Å²) >= 11 is 7.61. The van der Waals surface area contributed by atoms with Crippen LogP contribution in [-0.2, 0) is 21.3 Å². The number of carbonyl (C=O) groups is 1. The number of halogens is 2. The Balaban J connectivity index is 1.59. The van der Waals surface area contributed by atoms with Crippen molar-refractivity contribution in [3.63, 3.8) is 0 Å². The molecule has 14 heteroatoms. The predicted octanol–water partition coefficient (Wildman–Crippen LogP) is 5.74. The van der Waals surface area contributed by atoms with E-state index in [4.69, 9.17) is 30.5 Å². The van der Waals surface area contributed by atoms with Gasteiger partial charge < -0.3 is 23.8 Å². The molecule has 1 aliphatic rings. The predicted molar refractivity (Wildman–Crippen MR) is 153 cm³/mol. The first kappa shape index (κ1) is 30.7. The lowest BCUT2D eigenvalue weighted by molar-refractivity contribution is 0.0275. The third-order valence-electron chi connectivity index (χ3n) is 6.13. The molecule has 0 saturated carbocycles. The number of methoxy groups -OCH3 is 2. The van der Waals surface area contributed by atoms with Crippen LogP contribution in [0.4, 0.5) is 15.0 Å². The van der Waals surface area contributed by atoms with Crippen LogP contribution in [0.5, 0.6) is 17.2 Å². The molecule has 10 nitrogen and oxygen atoms in total. The van der Waals surface area contributed by atoms with Crippen LogP contribution in [0.15, 0.2) is 46.1 Å². The van der Waals surface area contributed by atoms with E-state index >= 15 is 4.39 Å². The molecule has 1 fully saturated rings. The first-order valence-electron chi connectivity index (χ1n) is 12.6. The van der Waals surface area contributed by atoms with E-state index in [0.29, 0.717) is 30.0 Å². The topological polar surface area (TPSA) is 108 Å². The van der Waals surface area contributed by atoms with Crippen LogP contribution >= 0.6 is 22.9 Å². The molecular formula is C27H31ClFN3O7S2. The number of anilines is 1. The van der Waals surface area contributed by atoms with Crippen LogP contribution in [0.25, 0.3) is 0 Å². The van der Waals surface area contributed by atoms with Gasteiger partial charge >= 0.3 is 6.09 Å². The molecule has 222 valence electrons. The minimum Gasteiger partial charge on any atom is -0.497 e. The Morgan fingerprint density at radius 1 is 1.20 bits per heavy atom. The van der Waals surface area contributed by atoms with Gasteiger partial charge in [-0.25, -0.2) is 26.9 Å². The van der Waals surface area contributed by atoms with Gasteiger partial charge in [0.15, 0.2) is 5.82 Å². The van der Waals surface area contributed by atoms with Crippen molar-refractivity contribution in [2.75, 3.05) is 31.6 Å². The lowest BCUT2D eigenvalue weighted by Gasteiger charge is -2.25. The van der Waals surface area contributed by atoms with E-state index < -0.39 is 38.5 Å². The van der Waals surface area contributed by atoms with Gasteiger partial charge in [0, 0.05) is 36.0 Å². The maximum absolute atomic E-state index is 15.5. The zero-order chi connectivity index (χ0) is 29.9. The number of amides is 1. The quantitative estimate of drug-likeness (QED) is 0.296. The number of sulfonamides is 1. The Morgan fingerprint density at radius 3 is 2.59 bits per heavy atom. The molecule has 2 aromatic carbocycles. The second kappa shape index (κ2) is 12.3. The third kappa shape index (κ3) is 7.14. The summed E-state index contributed by atoms with van der Waals surface area (Å²) in [6, 6.07) is 6.91. The number of hydrogen-bond donors (Lipinski definition) is 0. The molecule has 3 aromatic rings. The van der Waals surface area contributed by atoms with Gasteiger partial charge in [0.2, 0.25) is 0 Å². The molecule has 1 aliphatic heterocycles. The van der Waals surface area contributed by atoms with Crippen molar-refractivity contribution in [2.24, 2.45) is 0 Å². The highest BCUT2D eigenvalue weighted by atomic mass is 35.5. The Hall–Kier alpha value is -3.29. The maximum atomic E-state index is 15.5. The molecule has 0 N–H and O–H groups in total. The number of hydrogen-bond acceptors (Lipinski definition) is 9. The van der Waals surface area contributed by atoms with Crippen LogP contribution in [-0.4, -0.2) is 63.4 Å². The zero-order valence-electron chi connectivity index (χ0n) is 23.2. The molecule has 4 rings (SSSR count). The molecule has 0 radical (unpaired) electrons. The molecule has 41 heavy (non-hydrogen) atoms. The highest BCUT2D eigenvalue weighted by molar-refractivity contribution is 7.92. The maximum Gasteiger partial charge on any atom is 0.410 e. The Labute approximate surface area is 247 Å². The van der Waals surface area contributed by atoms with Crippen molar-refractivity contribution in [3.05, 3.63) is 57.6 Å². The van der Waals surface area contributed by atoms with Crippen LogP contribution in [0.3, 0.4) is 0 Å². The van der Waals surface area contributed by atoms with Crippen LogP contribution in [0, 0.1) is 5.82 Å². The Bertz CT molecular complexity index is 1500. The van der Waals surface area contributed by atoms with Gasteiger partial charge in [-0.2, -0.15) is 0 Å². The first-order valence-corrected chi connectivity index (χ1v) is 15.3. The van der Waals surface area contributed by atoms with Gasteiger partial charge in [-0.3, -0.25) is 0 Å². The van der Waals surface area contributed by atoms with Crippen molar-refractivity contribution < 1.29 is 36.6 Å². The van der Waals surface area contributed by atoms with Crippen molar-refractivity contribution in [2.45, 2.75) is 50.3 Å². The van der Waals surface area contributed by atoms with Gasteiger partial charge in [0.05, 0.1) is 37.8 Å². The number of rotatable bonds is 9. The van der Waals surface area contributed by atoms with Gasteiger partial charge in [-0.1, -0.05) is 11.6 Å². The molecule has 1 saturated heterocycles. The van der Waals surface area contributed by atoms with Crippen molar-refractivity contribution in [1.29, 1.82) is 0 Å². The molecule has 1 aromatic heterocycles. The average molecular weight is 628 g/mol. The molecule has 1 amide bonds. The van der Waals surface area contributed by atoms with Crippen LogP contribution < -0.4 is 18.5 Å². The average Bonchev–Trinajstić information content (AvgIpc) is 3.60. The highest BCUT2D eigenvalue weighted by Crippen LogP contribution is 2.36. The Kier molecular flexibility index (Phi) is 9.19. The van der Waals surface area contributed by atoms with Crippen molar-refractivity contribution >= 4 is 44.9 Å². The fraction of sp³-hybridized carbons (Fsp3) is 0.407. The monoisotopic (exact) mass is 627 g/mol. The standard InChI is InChI=1S/C27H31ClFN3O7S2/c1-27(2,3)39-26(33)31-9-8-19(14-31)38-23-12-21(29)24(11-20(23)28)41(34,35)32(25-15-40-16-30-25)13-17-6-7-18(36-4)10-22(17)37-5/h6-7,10-12,15-16,19H,8-9,13-14H2,1-5H3. The van der Waals surface area contributed by atoms with Gasteiger partial charge in [0.1, 0.15) is 39.7 Å². The number of nitrogens with zero attached hydrogens (tertiary/aromatic N) is 3. The number of thiazole rings is 1. The molecule has 0 bridgehead atoms. The zero-order valence-corrected chi connectivity index (χ0v) is 25.6. The minimum absolute atomic E-state index is 0.0313. The fourth-order valence-electron chi connectivity index (χ4n) is 4.17. The summed E-state index contributed by atoms with van der Waals surface area (Å²) < 4.78 is 66.1. The van der Waals surface area contributed by atoms with Crippen LogP contribution in [0.1, 0.15) is 32.8 Å². The minimum atomic E-state index is -4.49. The van der Waals surface area contributed by atoms with Gasteiger partial charge in [0.25, 0.3) is 10.0 Å². The van der Waals surface area contributed by atoms with Crippen LogP contribution in [0.2, 0.25) is 5.02 Å². The molecular weight excluding hydrogens is 597 g/mol. The largest absolute Gasteiger partial charge is 0.497 e. The molecule has 1 unspecified atom stereocenters. The van der Waals surface area contributed by atoms with Gasteiger partial charge in [-0.15, -0.1) is 11.3 Å². The number of benzene rings is 2. The highest BCUT2D eigenvalue weighted by Gasteiger charge is 2.34. The number of likely N-dealkylation sites (tertiary alicyclic amines) is 1. The summed E-state index contributed by atoms with van der Waals surface area (Å²) in [5.41, 5.74) is 1.34. The van der Waals surface area contributed by atoms with E-state index in [1.165, 1.54) is 36.0 Å². The fourth-order valence-corrected chi connectivity index (χ4v) is 6.51. The number of aromatic nitrogens is 1. The summed E-state index contributed by atoms with van der Waals surface area (Å²) in [4.78, 5) is 17.4. The third-order valence-corrected chi connectivity index (χ3v) is 8.76. The normalized spacial score (nSPS) is 15.5. The number of ether oxygens (including phenoxy) is 4. The van der Waals surface area contributed by atoms with E-state index in [1.54, 1.807) is 44.4 Å². The van der Waals surface area contributed by atoms with E-state index in [9.17, 15) is 13.2 Å². The van der Waals surface area contributed by atoms with Crippen molar-refractivity contribution in [1.82, 2.24) is 9.88 Å². The first-order chi connectivity index (χ1) is 19.3. The summed E-state index contributed by atoms with van der Waals surface area (Å²) in [6.45, 7) is 5.73. The second-order valence-corrected chi connectivity index (χ2v) is 13.2. The molecule has 0 aliphatic carbocycles. The van der Waals surface area contributed by atoms with Crippen molar-refractivity contribution in [3.8, 4) is 17.2 Å². The summed E-state index contributed by atoms with van der Waals surface area (Å²) in [6.07, 6.45) is -0.479.